The highest BCUT2D eigenvalue weighted by Gasteiger charge is 2.21. The fourth-order valence-electron chi connectivity index (χ4n) is 1.33. The molecule has 0 aromatic heterocycles. The van der Waals surface area contributed by atoms with Gasteiger partial charge in [0.05, 0.1) is 5.75 Å². The van der Waals surface area contributed by atoms with Crippen LogP contribution in [-0.2, 0) is 9.84 Å². The maximum Gasteiger partial charge on any atom is 0.147 e. The Labute approximate surface area is 90.2 Å². The van der Waals surface area contributed by atoms with E-state index in [1.165, 1.54) is 6.26 Å². The summed E-state index contributed by atoms with van der Waals surface area (Å²) in [7, 11) is -2.81. The molecule has 0 aromatic carbocycles. The molecule has 0 fully saturated rings. The summed E-state index contributed by atoms with van der Waals surface area (Å²) in [5.41, 5.74) is 0.103. The maximum atomic E-state index is 11.0. The van der Waals surface area contributed by atoms with Crippen molar-refractivity contribution in [1.29, 1.82) is 0 Å². The van der Waals surface area contributed by atoms with Crippen LogP contribution in [0.4, 0.5) is 0 Å². The fraction of sp³-hybridized carbons (Fsp3) is 1.00. The third-order valence-electron chi connectivity index (χ3n) is 1.98. The number of hydrogen-bond donors (Lipinski definition) is 0. The quantitative estimate of drug-likeness (QED) is 0.720. The molecule has 0 spiro atoms. The van der Waals surface area contributed by atoms with E-state index in [1.54, 1.807) is 0 Å². The van der Waals surface area contributed by atoms with Crippen molar-refractivity contribution in [2.45, 2.75) is 38.4 Å². The Morgan fingerprint density at radius 1 is 1.38 bits per heavy atom. The van der Waals surface area contributed by atoms with Crippen molar-refractivity contribution in [3.63, 3.8) is 0 Å². The summed E-state index contributed by atoms with van der Waals surface area (Å²) in [6.07, 6.45) is 3.03. The summed E-state index contributed by atoms with van der Waals surface area (Å²) in [5, 5.41) is 0. The molecule has 0 aromatic rings. The van der Waals surface area contributed by atoms with Crippen molar-refractivity contribution in [2.75, 3.05) is 12.0 Å². The normalized spacial score (nSPS) is 15.8. The Morgan fingerprint density at radius 3 is 2.15 bits per heavy atom. The zero-order valence-electron chi connectivity index (χ0n) is 8.80. The Balaban J connectivity index is 4.04. The van der Waals surface area contributed by atoms with Crippen molar-refractivity contribution in [3.8, 4) is 0 Å². The Bertz CT molecular complexity index is 242. The zero-order chi connectivity index (χ0) is 10.7. The molecular weight excluding hydrogens is 252 g/mol. The third-order valence-corrected chi connectivity index (χ3v) is 3.25. The van der Waals surface area contributed by atoms with Crippen molar-refractivity contribution in [1.82, 2.24) is 0 Å². The molecule has 13 heavy (non-hydrogen) atoms. The Morgan fingerprint density at radius 2 is 1.85 bits per heavy atom. The van der Waals surface area contributed by atoms with Crippen molar-refractivity contribution >= 4 is 25.8 Å². The van der Waals surface area contributed by atoms with Gasteiger partial charge in [-0.3, -0.25) is 0 Å². The molecule has 0 aliphatic rings. The van der Waals surface area contributed by atoms with Gasteiger partial charge in [0.2, 0.25) is 0 Å². The molecule has 0 aliphatic heterocycles. The van der Waals surface area contributed by atoms with E-state index >= 15 is 0 Å². The number of halogens is 1. The second kappa shape index (κ2) is 4.78. The molecule has 0 bridgehead atoms. The molecular formula is C9H19BrO2S. The molecule has 80 valence electrons. The minimum atomic E-state index is -2.81. The van der Waals surface area contributed by atoms with Gasteiger partial charge < -0.3 is 0 Å². The lowest BCUT2D eigenvalue weighted by Crippen LogP contribution is -2.19. The number of alkyl halides is 1. The molecule has 0 saturated heterocycles. The van der Waals surface area contributed by atoms with E-state index in [4.69, 9.17) is 0 Å². The van der Waals surface area contributed by atoms with Gasteiger partial charge in [-0.15, -0.1) is 0 Å². The van der Waals surface area contributed by atoms with Crippen LogP contribution in [0.3, 0.4) is 0 Å². The van der Waals surface area contributed by atoms with Gasteiger partial charge in [0.15, 0.2) is 0 Å². The summed E-state index contributed by atoms with van der Waals surface area (Å²) < 4.78 is 21.9. The largest absolute Gasteiger partial charge is 0.229 e. The van der Waals surface area contributed by atoms with E-state index in [0.29, 0.717) is 10.6 Å². The van der Waals surface area contributed by atoms with Crippen LogP contribution in [0, 0.1) is 5.41 Å². The first-order valence-electron chi connectivity index (χ1n) is 4.44. The topological polar surface area (TPSA) is 34.1 Å². The van der Waals surface area contributed by atoms with Gasteiger partial charge in [-0.05, 0) is 18.3 Å². The lowest BCUT2D eigenvalue weighted by Gasteiger charge is -2.25. The van der Waals surface area contributed by atoms with Crippen LogP contribution < -0.4 is 0 Å². The molecule has 0 rings (SSSR count). The highest BCUT2D eigenvalue weighted by Crippen LogP contribution is 2.29. The van der Waals surface area contributed by atoms with Crippen LogP contribution in [0.15, 0.2) is 0 Å². The van der Waals surface area contributed by atoms with Crippen LogP contribution in [0.5, 0.6) is 0 Å². The summed E-state index contributed by atoms with van der Waals surface area (Å²) in [6, 6.07) is 0. The first-order valence-corrected chi connectivity index (χ1v) is 7.42. The number of sulfone groups is 1. The predicted octanol–water partition coefficient (Wildman–Crippen LogP) is 2.62. The zero-order valence-corrected chi connectivity index (χ0v) is 11.2. The Kier molecular flexibility index (Phi) is 4.94. The molecule has 1 atom stereocenters. The van der Waals surface area contributed by atoms with Crippen LogP contribution in [0.1, 0.15) is 33.6 Å². The SMILES string of the molecule is CC(Br)CC(C)(C)CCS(C)(=O)=O. The highest BCUT2D eigenvalue weighted by molar-refractivity contribution is 9.09. The minimum absolute atomic E-state index is 0.103. The van der Waals surface area contributed by atoms with Crippen LogP contribution in [0.25, 0.3) is 0 Å². The van der Waals surface area contributed by atoms with E-state index in [0.717, 1.165) is 12.8 Å². The standard InChI is InChI=1S/C9H19BrO2S/c1-8(10)7-9(2,3)5-6-13(4,11)12/h8H,5-7H2,1-4H3. The fourth-order valence-corrected chi connectivity index (χ4v) is 3.12. The molecule has 0 N–H and O–H groups in total. The van der Waals surface area contributed by atoms with Crippen molar-refractivity contribution in [2.24, 2.45) is 5.41 Å². The van der Waals surface area contributed by atoms with E-state index in [2.05, 4.69) is 36.7 Å². The first-order chi connectivity index (χ1) is 5.62. The molecule has 4 heteroatoms. The average Bonchev–Trinajstić information content (AvgIpc) is 1.79. The van der Waals surface area contributed by atoms with Gasteiger partial charge in [-0.25, -0.2) is 8.42 Å². The number of rotatable bonds is 5. The molecule has 0 amide bonds. The molecule has 0 heterocycles. The second-order valence-electron chi connectivity index (χ2n) is 4.53. The van der Waals surface area contributed by atoms with Crippen molar-refractivity contribution in [3.05, 3.63) is 0 Å². The van der Waals surface area contributed by atoms with Gasteiger partial charge in [0.25, 0.3) is 0 Å². The Hall–Kier alpha value is 0.430. The third kappa shape index (κ3) is 8.75. The highest BCUT2D eigenvalue weighted by atomic mass is 79.9. The monoisotopic (exact) mass is 270 g/mol. The van der Waals surface area contributed by atoms with Gasteiger partial charge in [0.1, 0.15) is 9.84 Å². The van der Waals surface area contributed by atoms with Gasteiger partial charge in [-0.2, -0.15) is 0 Å². The van der Waals surface area contributed by atoms with Crippen molar-refractivity contribution < 1.29 is 8.42 Å². The average molecular weight is 271 g/mol. The molecule has 0 radical (unpaired) electrons. The lowest BCUT2D eigenvalue weighted by molar-refractivity contribution is 0.325. The van der Waals surface area contributed by atoms with E-state index in [9.17, 15) is 8.42 Å². The van der Waals surface area contributed by atoms with Gasteiger partial charge in [-0.1, -0.05) is 36.7 Å². The van der Waals surface area contributed by atoms with E-state index in [-0.39, 0.29) is 5.41 Å². The smallest absolute Gasteiger partial charge is 0.147 e. The van der Waals surface area contributed by atoms with Crippen LogP contribution in [0.2, 0.25) is 0 Å². The van der Waals surface area contributed by atoms with Crippen LogP contribution in [-0.4, -0.2) is 25.3 Å². The summed E-state index contributed by atoms with van der Waals surface area (Å²) in [4.78, 5) is 0.446. The minimum Gasteiger partial charge on any atom is -0.229 e. The maximum absolute atomic E-state index is 11.0. The molecule has 2 nitrogen and oxygen atoms in total. The predicted molar refractivity (Wildman–Crippen MR) is 61.1 cm³/mol. The van der Waals surface area contributed by atoms with E-state index in [1.807, 2.05) is 0 Å². The summed E-state index contributed by atoms with van der Waals surface area (Å²) >= 11 is 3.48. The second-order valence-corrected chi connectivity index (χ2v) is 8.35. The molecule has 1 unspecified atom stereocenters. The summed E-state index contributed by atoms with van der Waals surface area (Å²) in [5.74, 6) is 0.291. The lowest BCUT2D eigenvalue weighted by atomic mass is 9.85. The molecule has 0 aliphatic carbocycles. The summed E-state index contributed by atoms with van der Waals surface area (Å²) in [6.45, 7) is 6.30. The van der Waals surface area contributed by atoms with Gasteiger partial charge >= 0.3 is 0 Å². The number of hydrogen-bond acceptors (Lipinski definition) is 2. The van der Waals surface area contributed by atoms with E-state index < -0.39 is 9.84 Å². The van der Waals surface area contributed by atoms with Gasteiger partial charge in [0, 0.05) is 11.1 Å². The first kappa shape index (κ1) is 13.4. The van der Waals surface area contributed by atoms with Crippen LogP contribution >= 0.6 is 15.9 Å². The molecule has 0 saturated carbocycles.